The first kappa shape index (κ1) is 15.6. The molecule has 2 aliphatic rings. The number of hydrogen-bond acceptors (Lipinski definition) is 4. The van der Waals surface area contributed by atoms with Crippen LogP contribution in [0.4, 0.5) is 0 Å². The lowest BCUT2D eigenvalue weighted by atomic mass is 10.2. The van der Waals surface area contributed by atoms with Crippen molar-refractivity contribution in [2.45, 2.75) is 0 Å². The van der Waals surface area contributed by atoms with Crippen molar-refractivity contribution in [2.24, 2.45) is 0 Å². The van der Waals surface area contributed by atoms with Gasteiger partial charge in [-0.25, -0.2) is 4.79 Å². The van der Waals surface area contributed by atoms with Crippen LogP contribution in [0.5, 0.6) is 17.2 Å². The number of fused-ring (bicyclic) bond motifs is 1. The zero-order chi connectivity index (χ0) is 16.9. The molecule has 0 unspecified atom stereocenters. The molecule has 4 heteroatoms. The van der Waals surface area contributed by atoms with E-state index in [9.17, 15) is 9.90 Å². The predicted octanol–water partition coefficient (Wildman–Crippen LogP) is 4.12. The van der Waals surface area contributed by atoms with Gasteiger partial charge in [-0.1, -0.05) is 36.4 Å². The zero-order valence-electron chi connectivity index (χ0n) is 13.1. The number of ether oxygens (including phenoxy) is 2. The van der Waals surface area contributed by atoms with Crippen LogP contribution in [0, 0.1) is 0 Å². The van der Waals surface area contributed by atoms with Crippen LogP contribution in [0.25, 0.3) is 17.2 Å². The summed E-state index contributed by atoms with van der Waals surface area (Å²) in [5.74, 6) is 0.377. The number of carbonyl (C=O) groups excluding carboxylic acids is 1. The Balaban J connectivity index is 1.70. The van der Waals surface area contributed by atoms with Crippen LogP contribution < -0.4 is 9.47 Å². The Bertz CT molecular complexity index is 836. The molecule has 0 bridgehead atoms. The van der Waals surface area contributed by atoms with E-state index < -0.39 is 5.97 Å². The van der Waals surface area contributed by atoms with E-state index in [1.165, 1.54) is 19.3 Å². The van der Waals surface area contributed by atoms with Crippen molar-refractivity contribution in [3.05, 3.63) is 72.3 Å². The van der Waals surface area contributed by atoms with Gasteiger partial charge in [-0.15, -0.1) is 0 Å². The van der Waals surface area contributed by atoms with Gasteiger partial charge in [0.2, 0.25) is 0 Å². The predicted molar refractivity (Wildman–Crippen MR) is 92.4 cm³/mol. The van der Waals surface area contributed by atoms with E-state index in [1.807, 2.05) is 30.3 Å². The Labute approximate surface area is 139 Å². The number of phenolic OH excluding ortho intramolecular Hbond substituents is 1. The van der Waals surface area contributed by atoms with Gasteiger partial charge in [0.25, 0.3) is 0 Å². The summed E-state index contributed by atoms with van der Waals surface area (Å²) in [6.45, 7) is 0. The summed E-state index contributed by atoms with van der Waals surface area (Å²) in [5.41, 5.74) is 2.84. The molecule has 120 valence electrons. The first-order valence-corrected chi connectivity index (χ1v) is 7.41. The van der Waals surface area contributed by atoms with Gasteiger partial charge in [0.1, 0.15) is 5.75 Å². The molecule has 0 heterocycles. The quantitative estimate of drug-likeness (QED) is 0.580. The van der Waals surface area contributed by atoms with Crippen LogP contribution in [-0.2, 0) is 4.79 Å². The standard InChI is InChI=1S/C20H16O4/c1-23-19-11-5-14(13-18(19)21)6-12-20(22)24-17-9-7-15-3-2-4-16(15)8-10-17/h2-13,21H,1H3. The number of esters is 1. The second-order valence-corrected chi connectivity index (χ2v) is 5.19. The lowest BCUT2D eigenvalue weighted by molar-refractivity contribution is -0.128. The molecular formula is C20H16O4. The SMILES string of the molecule is COc1ccc(C=CC(=O)Oc2ccc3cccc-3cc2)cc1O. The third kappa shape index (κ3) is 3.55. The highest BCUT2D eigenvalue weighted by Gasteiger charge is 2.04. The van der Waals surface area contributed by atoms with E-state index in [-0.39, 0.29) is 5.75 Å². The van der Waals surface area contributed by atoms with Crippen molar-refractivity contribution in [1.82, 2.24) is 0 Å². The van der Waals surface area contributed by atoms with Gasteiger partial charge in [-0.2, -0.15) is 0 Å². The minimum absolute atomic E-state index is 0.0157. The summed E-state index contributed by atoms with van der Waals surface area (Å²) >= 11 is 0. The largest absolute Gasteiger partial charge is 0.504 e. The van der Waals surface area contributed by atoms with Gasteiger partial charge in [0, 0.05) is 6.08 Å². The molecular weight excluding hydrogens is 304 g/mol. The topological polar surface area (TPSA) is 55.8 Å². The number of phenols is 1. The van der Waals surface area contributed by atoms with Crippen LogP contribution in [0.15, 0.2) is 66.7 Å². The third-order valence-electron chi connectivity index (χ3n) is 3.57. The molecule has 1 N–H and O–H groups in total. The van der Waals surface area contributed by atoms with Crippen molar-refractivity contribution >= 4 is 12.0 Å². The number of benzene rings is 1. The molecule has 2 aliphatic carbocycles. The number of aromatic hydroxyl groups is 1. The normalized spacial score (nSPS) is 10.9. The summed E-state index contributed by atoms with van der Waals surface area (Å²) in [7, 11) is 1.48. The van der Waals surface area contributed by atoms with Crippen molar-refractivity contribution in [2.75, 3.05) is 7.11 Å². The molecule has 0 radical (unpaired) electrons. The fourth-order valence-electron chi connectivity index (χ4n) is 2.34. The van der Waals surface area contributed by atoms with Crippen molar-refractivity contribution in [3.63, 3.8) is 0 Å². The molecule has 24 heavy (non-hydrogen) atoms. The van der Waals surface area contributed by atoms with E-state index >= 15 is 0 Å². The highest BCUT2D eigenvalue weighted by molar-refractivity contribution is 5.88. The van der Waals surface area contributed by atoms with E-state index in [0.29, 0.717) is 17.1 Å². The average molecular weight is 320 g/mol. The van der Waals surface area contributed by atoms with Gasteiger partial charge in [0.15, 0.2) is 11.5 Å². The maximum Gasteiger partial charge on any atom is 0.336 e. The van der Waals surface area contributed by atoms with Crippen molar-refractivity contribution in [3.8, 4) is 28.4 Å². The molecule has 0 fully saturated rings. The van der Waals surface area contributed by atoms with Crippen molar-refractivity contribution < 1.29 is 19.4 Å². The molecule has 0 atom stereocenters. The Morgan fingerprint density at radius 2 is 1.71 bits per heavy atom. The van der Waals surface area contributed by atoms with Gasteiger partial charge in [-0.05, 0) is 47.0 Å². The Morgan fingerprint density at radius 3 is 2.33 bits per heavy atom. The fourth-order valence-corrected chi connectivity index (χ4v) is 2.34. The van der Waals surface area contributed by atoms with Crippen LogP contribution in [-0.4, -0.2) is 18.2 Å². The zero-order valence-corrected chi connectivity index (χ0v) is 13.1. The maximum absolute atomic E-state index is 11.9. The number of carbonyl (C=O) groups is 1. The molecule has 0 aliphatic heterocycles. The smallest absolute Gasteiger partial charge is 0.336 e. The summed E-state index contributed by atoms with van der Waals surface area (Å²) < 4.78 is 10.3. The minimum Gasteiger partial charge on any atom is -0.504 e. The molecule has 1 aromatic carbocycles. The highest BCUT2D eigenvalue weighted by Crippen LogP contribution is 2.27. The molecule has 1 aromatic rings. The van der Waals surface area contributed by atoms with Crippen LogP contribution in [0.1, 0.15) is 5.56 Å². The summed E-state index contributed by atoms with van der Waals surface area (Å²) in [4.78, 5) is 11.9. The molecule has 0 amide bonds. The molecule has 0 spiro atoms. The lowest BCUT2D eigenvalue weighted by Crippen LogP contribution is -2.02. The Kier molecular flexibility index (Phi) is 4.47. The third-order valence-corrected chi connectivity index (χ3v) is 3.57. The monoisotopic (exact) mass is 320 g/mol. The Hall–Kier alpha value is -3.27. The van der Waals surface area contributed by atoms with E-state index in [2.05, 4.69) is 0 Å². The number of methoxy groups -OCH3 is 1. The van der Waals surface area contributed by atoms with Gasteiger partial charge in [0.05, 0.1) is 7.11 Å². The van der Waals surface area contributed by atoms with Crippen LogP contribution in [0.3, 0.4) is 0 Å². The van der Waals surface area contributed by atoms with Gasteiger partial charge in [-0.3, -0.25) is 0 Å². The van der Waals surface area contributed by atoms with Crippen LogP contribution >= 0.6 is 0 Å². The van der Waals surface area contributed by atoms with E-state index in [1.54, 1.807) is 30.3 Å². The fraction of sp³-hybridized carbons (Fsp3) is 0.0500. The van der Waals surface area contributed by atoms with Gasteiger partial charge < -0.3 is 14.6 Å². The molecule has 3 rings (SSSR count). The summed E-state index contributed by atoms with van der Waals surface area (Å²) in [6, 6.07) is 18.2. The van der Waals surface area contributed by atoms with Crippen LogP contribution in [0.2, 0.25) is 0 Å². The Morgan fingerprint density at radius 1 is 1.00 bits per heavy atom. The number of hydrogen-bond donors (Lipinski definition) is 1. The summed E-state index contributed by atoms with van der Waals surface area (Å²) in [6.07, 6.45) is 2.88. The minimum atomic E-state index is -0.490. The molecule has 0 saturated heterocycles. The first-order valence-electron chi connectivity index (χ1n) is 7.41. The molecule has 0 aromatic heterocycles. The molecule has 4 nitrogen and oxygen atoms in total. The first-order chi connectivity index (χ1) is 11.7. The maximum atomic E-state index is 11.9. The molecule has 0 saturated carbocycles. The van der Waals surface area contributed by atoms with E-state index in [4.69, 9.17) is 9.47 Å². The summed E-state index contributed by atoms with van der Waals surface area (Å²) in [5, 5.41) is 9.72. The average Bonchev–Trinajstić information content (AvgIpc) is 2.95. The lowest BCUT2D eigenvalue weighted by Gasteiger charge is -2.03. The van der Waals surface area contributed by atoms with E-state index in [0.717, 1.165) is 11.1 Å². The van der Waals surface area contributed by atoms with Crippen molar-refractivity contribution in [1.29, 1.82) is 0 Å². The number of rotatable bonds is 4. The highest BCUT2D eigenvalue weighted by atomic mass is 16.5. The van der Waals surface area contributed by atoms with Gasteiger partial charge >= 0.3 is 5.97 Å². The second kappa shape index (κ2) is 6.87. The second-order valence-electron chi connectivity index (χ2n) is 5.19.